The lowest BCUT2D eigenvalue weighted by Gasteiger charge is -2.51. The number of allylic oxidation sites excluding steroid dienone is 1. The molecule has 0 saturated carbocycles. The highest BCUT2D eigenvalue weighted by Gasteiger charge is 2.55. The van der Waals surface area contributed by atoms with E-state index in [-0.39, 0.29) is 42.8 Å². The van der Waals surface area contributed by atoms with Crippen LogP contribution in [-0.2, 0) is 19.1 Å². The predicted octanol–water partition coefficient (Wildman–Crippen LogP) is 4.36. The minimum Gasteiger partial charge on any atom is -0.484 e. The Morgan fingerprint density at radius 1 is 0.868 bits per heavy atom. The number of aliphatic hydroxyl groups is 1. The number of carbonyl (C=O) groups is 4. The van der Waals surface area contributed by atoms with Crippen molar-refractivity contribution >= 4 is 51.6 Å². The molecule has 0 aliphatic carbocycles. The van der Waals surface area contributed by atoms with Gasteiger partial charge in [-0.2, -0.15) is 0 Å². The largest absolute Gasteiger partial charge is 0.484 e. The number of nitrogens with zero attached hydrogens (tertiary/aromatic N) is 2. The Labute approximate surface area is 310 Å². The normalized spacial score (nSPS) is 17.7. The number of morpholine rings is 1. The van der Waals surface area contributed by atoms with Gasteiger partial charge in [0.25, 0.3) is 5.91 Å². The summed E-state index contributed by atoms with van der Waals surface area (Å²) in [6.45, 7) is 4.24. The summed E-state index contributed by atoms with van der Waals surface area (Å²) in [6, 6.07) is 35.2. The van der Waals surface area contributed by atoms with E-state index in [4.69, 9.17) is 9.47 Å². The fourth-order valence-corrected chi connectivity index (χ4v) is 11.8. The fraction of sp³-hybridized carbons (Fsp3) is 0.279. The number of benzene rings is 4. The van der Waals surface area contributed by atoms with E-state index >= 15 is 0 Å². The van der Waals surface area contributed by atoms with Crippen LogP contribution in [0.1, 0.15) is 36.5 Å². The van der Waals surface area contributed by atoms with Crippen molar-refractivity contribution in [1.82, 2.24) is 9.80 Å². The van der Waals surface area contributed by atoms with Crippen LogP contribution in [0.25, 0.3) is 0 Å². The van der Waals surface area contributed by atoms with Gasteiger partial charge in [-0.3, -0.25) is 19.2 Å². The highest BCUT2D eigenvalue weighted by Crippen LogP contribution is 2.50. The Morgan fingerprint density at radius 2 is 1.40 bits per heavy atom. The van der Waals surface area contributed by atoms with Crippen molar-refractivity contribution in [2.24, 2.45) is 5.92 Å². The molecule has 2 saturated heterocycles. The van der Waals surface area contributed by atoms with Gasteiger partial charge in [-0.15, -0.1) is 6.58 Å². The van der Waals surface area contributed by atoms with Crippen LogP contribution < -0.4 is 20.7 Å². The molecule has 1 N–H and O–H groups in total. The van der Waals surface area contributed by atoms with Gasteiger partial charge in [0.15, 0.2) is 18.2 Å². The number of Topliss-reactive ketones (excluding diaryl/α,β-unsaturated/α-hetero) is 2. The third-order valence-corrected chi connectivity index (χ3v) is 14.2. The summed E-state index contributed by atoms with van der Waals surface area (Å²) < 4.78 is 11.0. The van der Waals surface area contributed by atoms with Crippen LogP contribution in [0.3, 0.4) is 0 Å². The number of likely N-dealkylation sites (tertiary alicyclic amines) is 1. The van der Waals surface area contributed by atoms with Gasteiger partial charge >= 0.3 is 0 Å². The summed E-state index contributed by atoms with van der Waals surface area (Å²) in [5.41, 5.74) is 0.728. The van der Waals surface area contributed by atoms with Gasteiger partial charge in [0.05, 0.1) is 36.7 Å². The molecule has 53 heavy (non-hydrogen) atoms. The van der Waals surface area contributed by atoms with Crippen molar-refractivity contribution in [3.8, 4) is 5.75 Å². The van der Waals surface area contributed by atoms with Crippen molar-refractivity contribution in [3.05, 3.63) is 133 Å². The minimum atomic E-state index is -3.07. The minimum absolute atomic E-state index is 0.117. The smallest absolute Gasteiger partial charge is 0.260 e. The van der Waals surface area contributed by atoms with E-state index < -0.39 is 24.9 Å². The summed E-state index contributed by atoms with van der Waals surface area (Å²) in [5, 5.41) is 13.6. The first kappa shape index (κ1) is 37.7. The molecule has 4 aromatic rings. The summed E-state index contributed by atoms with van der Waals surface area (Å²) in [4.78, 5) is 59.1. The molecule has 2 amide bonds. The number of carbonyl (C=O) groups excluding carboxylic acids is 4. The number of hydrogen-bond acceptors (Lipinski definition) is 7. The van der Waals surface area contributed by atoms with E-state index in [0.717, 1.165) is 15.9 Å². The number of amides is 2. The number of β-lactam (4-membered cyclic amide) rings is 1. The van der Waals surface area contributed by atoms with Crippen LogP contribution in [-0.4, -0.2) is 88.8 Å². The molecule has 2 fully saturated rings. The molecular weight excluding hydrogens is 687 g/mol. The second-order valence-electron chi connectivity index (χ2n) is 13.2. The van der Waals surface area contributed by atoms with Crippen molar-refractivity contribution in [2.45, 2.75) is 38.3 Å². The lowest BCUT2D eigenvalue weighted by atomic mass is 9.79. The van der Waals surface area contributed by atoms with E-state index in [0.29, 0.717) is 49.5 Å². The van der Waals surface area contributed by atoms with Gasteiger partial charge in [0.2, 0.25) is 5.91 Å². The predicted molar refractivity (Wildman–Crippen MR) is 209 cm³/mol. The Kier molecular flexibility index (Phi) is 12.2. The van der Waals surface area contributed by atoms with Crippen molar-refractivity contribution in [2.75, 3.05) is 32.9 Å². The Bertz CT molecular complexity index is 1870. The van der Waals surface area contributed by atoms with Gasteiger partial charge in [0.1, 0.15) is 5.75 Å². The molecular formula is C43H45N2O7P. The van der Waals surface area contributed by atoms with E-state index in [2.05, 4.69) is 6.58 Å². The third-order valence-electron chi connectivity index (χ3n) is 9.89. The SMILES string of the molecule is C=CCCC(=O)C(N1C(=O)[C@H]([C@@H](C)O)[C@H]1CC(=O)c1ccc(OCC(=O)N2CCOCC2)cc1)=P(c1ccccc1)(c1ccccc1)c1ccccc1. The summed E-state index contributed by atoms with van der Waals surface area (Å²) in [5.74, 6) is -1.44. The van der Waals surface area contributed by atoms with Crippen LogP contribution in [0.15, 0.2) is 128 Å². The van der Waals surface area contributed by atoms with E-state index in [9.17, 15) is 24.3 Å². The highest BCUT2D eigenvalue weighted by molar-refractivity contribution is 7.96. The summed E-state index contributed by atoms with van der Waals surface area (Å²) >= 11 is 0. The lowest BCUT2D eigenvalue weighted by molar-refractivity contribution is -0.155. The van der Waals surface area contributed by atoms with Crippen LogP contribution in [0.4, 0.5) is 0 Å². The van der Waals surface area contributed by atoms with Gasteiger partial charge in [-0.05, 0) is 53.5 Å². The number of rotatable bonds is 15. The van der Waals surface area contributed by atoms with Crippen molar-refractivity contribution < 1.29 is 33.8 Å². The molecule has 2 aliphatic heterocycles. The molecule has 6 rings (SSSR count). The fourth-order valence-electron chi connectivity index (χ4n) is 7.27. The number of aliphatic hydroxyl groups excluding tert-OH is 1. The Hall–Kier alpha value is -5.08. The molecule has 0 unspecified atom stereocenters. The number of ketones is 2. The van der Waals surface area contributed by atoms with Crippen LogP contribution in [0.2, 0.25) is 0 Å². The average molecular weight is 733 g/mol. The molecule has 4 aromatic carbocycles. The molecule has 9 nitrogen and oxygen atoms in total. The van der Waals surface area contributed by atoms with Crippen molar-refractivity contribution in [3.63, 3.8) is 0 Å². The zero-order valence-corrected chi connectivity index (χ0v) is 30.8. The Balaban J connectivity index is 1.42. The highest BCUT2D eigenvalue weighted by atomic mass is 31.2. The first-order valence-corrected chi connectivity index (χ1v) is 19.8. The maximum atomic E-state index is 14.8. The van der Waals surface area contributed by atoms with Gasteiger partial charge < -0.3 is 24.4 Å². The van der Waals surface area contributed by atoms with Crippen LogP contribution in [0.5, 0.6) is 5.75 Å². The zero-order chi connectivity index (χ0) is 37.4. The second-order valence-corrected chi connectivity index (χ2v) is 16.5. The monoisotopic (exact) mass is 732 g/mol. The molecule has 0 aromatic heterocycles. The molecule has 0 radical (unpaired) electrons. The van der Waals surface area contributed by atoms with E-state index in [1.165, 1.54) is 4.90 Å². The standard InChI is InChI=1S/C43H45N2O7P/c1-3-4-20-38(47)43(53(34-14-8-5-9-15-34,35-16-10-6-11-17-35)36-18-12-7-13-19-36)45-37(41(31(2)46)42(45)50)29-39(48)32-21-23-33(24-22-32)52-30-40(49)44-25-27-51-28-26-44/h3,5-19,21-24,31,37,41,46H,1,4,20,25-30H2,2H3/t31-,37-,41-/m1/s1. The maximum Gasteiger partial charge on any atom is 0.260 e. The quantitative estimate of drug-likeness (QED) is 0.0837. The first-order valence-electron chi connectivity index (χ1n) is 18.0. The van der Waals surface area contributed by atoms with Crippen LogP contribution in [0, 0.1) is 5.92 Å². The van der Waals surface area contributed by atoms with Crippen LogP contribution >= 0.6 is 6.89 Å². The topological polar surface area (TPSA) is 113 Å². The number of hydrogen-bond donors (Lipinski definition) is 1. The molecule has 274 valence electrons. The average Bonchev–Trinajstić information content (AvgIpc) is 3.20. The van der Waals surface area contributed by atoms with Gasteiger partial charge in [-0.25, -0.2) is 0 Å². The lowest BCUT2D eigenvalue weighted by Crippen LogP contribution is -2.68. The summed E-state index contributed by atoms with van der Waals surface area (Å²) in [6.07, 6.45) is 1.03. The molecule has 2 heterocycles. The molecule has 10 heteroatoms. The molecule has 0 spiro atoms. The van der Waals surface area contributed by atoms with Gasteiger partial charge in [0, 0.05) is 38.4 Å². The summed E-state index contributed by atoms with van der Waals surface area (Å²) in [7, 11) is 0. The molecule has 2 aliphatic rings. The zero-order valence-electron chi connectivity index (χ0n) is 29.9. The van der Waals surface area contributed by atoms with Crippen molar-refractivity contribution in [1.29, 1.82) is 0 Å². The van der Waals surface area contributed by atoms with Gasteiger partial charge in [-0.1, -0.05) is 97.1 Å². The number of ether oxygens (including phenoxy) is 2. The molecule has 3 atom stereocenters. The Morgan fingerprint density at radius 3 is 1.89 bits per heavy atom. The van der Waals surface area contributed by atoms with E-state index in [1.54, 1.807) is 42.2 Å². The molecule has 0 bridgehead atoms. The van der Waals surface area contributed by atoms with E-state index in [1.807, 2.05) is 91.0 Å². The first-order chi connectivity index (χ1) is 25.8. The third kappa shape index (κ3) is 7.84. The maximum absolute atomic E-state index is 14.8. The second kappa shape index (κ2) is 17.2.